The third-order valence-electron chi connectivity index (χ3n) is 5.05. The molecule has 0 spiro atoms. The Morgan fingerprint density at radius 2 is 2.00 bits per heavy atom. The summed E-state index contributed by atoms with van der Waals surface area (Å²) in [4.78, 5) is 17.6. The number of hydrazone groups is 1. The van der Waals surface area contributed by atoms with Gasteiger partial charge in [0.1, 0.15) is 5.75 Å². The van der Waals surface area contributed by atoms with Gasteiger partial charge >= 0.3 is 6.61 Å². The Bertz CT molecular complexity index is 1130. The van der Waals surface area contributed by atoms with Crippen molar-refractivity contribution in [2.75, 3.05) is 0 Å². The molecule has 2 aromatic heterocycles. The van der Waals surface area contributed by atoms with Crippen LogP contribution in [0.15, 0.2) is 35.4 Å². The summed E-state index contributed by atoms with van der Waals surface area (Å²) in [7, 11) is 1.81. The molecule has 1 aliphatic rings. The summed E-state index contributed by atoms with van der Waals surface area (Å²) in [5.41, 5.74) is 6.58. The number of carbonyl (C=O) groups is 1. The van der Waals surface area contributed by atoms with E-state index in [1.54, 1.807) is 23.7 Å². The third-order valence-corrected chi connectivity index (χ3v) is 5.05. The molecule has 1 aromatic carbocycles. The highest BCUT2D eigenvalue weighted by atomic mass is 19.3. The van der Waals surface area contributed by atoms with Crippen LogP contribution >= 0.6 is 0 Å². The molecular weight excluding hydrogens is 392 g/mol. The molecule has 2 heterocycles. The number of fused-ring (bicyclic) bond motifs is 1. The number of nitrogens with one attached hydrogen (secondary N) is 1. The second kappa shape index (κ2) is 7.81. The van der Waals surface area contributed by atoms with Crippen LogP contribution in [0, 0.1) is 6.92 Å². The summed E-state index contributed by atoms with van der Waals surface area (Å²) in [5, 5.41) is 9.28. The normalized spacial score (nSPS) is 14.4. The maximum Gasteiger partial charge on any atom is 0.387 e. The minimum atomic E-state index is -2.88. The van der Waals surface area contributed by atoms with Crippen LogP contribution in [-0.4, -0.2) is 33.0 Å². The molecule has 30 heavy (non-hydrogen) atoms. The Kier molecular flexibility index (Phi) is 5.19. The topological polar surface area (TPSA) is 81.4 Å². The minimum absolute atomic E-state index is 0.0596. The maximum atomic E-state index is 12.9. The van der Waals surface area contributed by atoms with Crippen molar-refractivity contribution in [2.24, 2.45) is 12.1 Å². The Balaban J connectivity index is 1.58. The van der Waals surface area contributed by atoms with Gasteiger partial charge in [-0.25, -0.2) is 10.4 Å². The molecule has 4 rings (SSSR count). The SMILES string of the molecule is C/C(=N/NC(=O)c1cc(C2CC2)nc2c1c(C)nn2C)c1ccc(OC(F)F)cc1. The number of hydrogen-bond donors (Lipinski definition) is 1. The lowest BCUT2D eigenvalue weighted by Gasteiger charge is -2.08. The number of carbonyl (C=O) groups excluding carboxylic acids is 1. The van der Waals surface area contributed by atoms with E-state index in [1.807, 2.05) is 20.0 Å². The minimum Gasteiger partial charge on any atom is -0.435 e. The van der Waals surface area contributed by atoms with Crippen LogP contribution in [0.25, 0.3) is 11.0 Å². The number of pyridine rings is 1. The van der Waals surface area contributed by atoms with Crippen molar-refractivity contribution in [1.82, 2.24) is 20.2 Å². The van der Waals surface area contributed by atoms with Crippen LogP contribution in [0.1, 0.15) is 53.0 Å². The van der Waals surface area contributed by atoms with Gasteiger partial charge in [0.25, 0.3) is 5.91 Å². The molecule has 1 N–H and O–H groups in total. The van der Waals surface area contributed by atoms with E-state index in [9.17, 15) is 13.6 Å². The van der Waals surface area contributed by atoms with Crippen LogP contribution in [0.5, 0.6) is 5.75 Å². The second-order valence-electron chi connectivity index (χ2n) is 7.32. The first-order valence-electron chi connectivity index (χ1n) is 9.57. The van der Waals surface area contributed by atoms with Gasteiger partial charge in [-0.05, 0) is 62.6 Å². The van der Waals surface area contributed by atoms with Gasteiger partial charge in [-0.2, -0.15) is 19.0 Å². The number of benzene rings is 1. The summed E-state index contributed by atoms with van der Waals surface area (Å²) in [6.07, 6.45) is 2.14. The highest BCUT2D eigenvalue weighted by Gasteiger charge is 2.28. The lowest BCUT2D eigenvalue weighted by molar-refractivity contribution is -0.0498. The van der Waals surface area contributed by atoms with E-state index in [2.05, 4.69) is 20.4 Å². The molecule has 0 radical (unpaired) electrons. The van der Waals surface area contributed by atoms with E-state index in [-0.39, 0.29) is 11.7 Å². The molecule has 7 nitrogen and oxygen atoms in total. The van der Waals surface area contributed by atoms with Crippen LogP contribution < -0.4 is 10.2 Å². The van der Waals surface area contributed by atoms with Crippen molar-refractivity contribution in [3.05, 3.63) is 52.8 Å². The highest BCUT2D eigenvalue weighted by Crippen LogP contribution is 2.40. The van der Waals surface area contributed by atoms with Gasteiger partial charge in [0.05, 0.1) is 22.4 Å². The largest absolute Gasteiger partial charge is 0.435 e. The van der Waals surface area contributed by atoms with Gasteiger partial charge in [0.2, 0.25) is 0 Å². The van der Waals surface area contributed by atoms with Gasteiger partial charge in [-0.1, -0.05) is 0 Å². The molecular formula is C21H21F2N5O2. The zero-order valence-electron chi connectivity index (χ0n) is 16.8. The fourth-order valence-corrected chi connectivity index (χ4v) is 3.37. The number of amides is 1. The molecule has 0 aliphatic heterocycles. The predicted octanol–water partition coefficient (Wildman–Crippen LogP) is 3.91. The number of aryl methyl sites for hydroxylation is 2. The van der Waals surface area contributed by atoms with Crippen molar-refractivity contribution < 1.29 is 18.3 Å². The molecule has 1 fully saturated rings. The number of rotatable bonds is 6. The molecule has 9 heteroatoms. The summed E-state index contributed by atoms with van der Waals surface area (Å²) in [6.45, 7) is 0.685. The Labute approximate surface area is 171 Å². The molecule has 1 amide bonds. The first-order chi connectivity index (χ1) is 14.3. The molecule has 0 unspecified atom stereocenters. The number of hydrogen-bond acceptors (Lipinski definition) is 5. The fraction of sp³-hybridized carbons (Fsp3) is 0.333. The van der Waals surface area contributed by atoms with Crippen LogP contribution in [0.4, 0.5) is 8.78 Å². The molecule has 3 aromatic rings. The van der Waals surface area contributed by atoms with E-state index < -0.39 is 6.61 Å². The van der Waals surface area contributed by atoms with Crippen molar-refractivity contribution >= 4 is 22.7 Å². The zero-order chi connectivity index (χ0) is 21.4. The molecule has 0 saturated heterocycles. The number of aromatic nitrogens is 3. The lowest BCUT2D eigenvalue weighted by Crippen LogP contribution is -2.20. The van der Waals surface area contributed by atoms with E-state index in [1.165, 1.54) is 12.1 Å². The predicted molar refractivity (Wildman–Crippen MR) is 108 cm³/mol. The van der Waals surface area contributed by atoms with Crippen LogP contribution in [0.3, 0.4) is 0 Å². The molecule has 0 bridgehead atoms. The van der Waals surface area contributed by atoms with Crippen molar-refractivity contribution in [3.63, 3.8) is 0 Å². The highest BCUT2D eigenvalue weighted by molar-refractivity contribution is 6.07. The monoisotopic (exact) mass is 413 g/mol. The van der Waals surface area contributed by atoms with Gasteiger partial charge in [0, 0.05) is 18.7 Å². The summed E-state index contributed by atoms with van der Waals surface area (Å²) in [5.74, 6) is 0.0946. The first kappa shape index (κ1) is 19.9. The molecule has 0 atom stereocenters. The quantitative estimate of drug-likeness (QED) is 0.491. The van der Waals surface area contributed by atoms with Crippen molar-refractivity contribution in [3.8, 4) is 5.75 Å². The maximum absolute atomic E-state index is 12.9. The Morgan fingerprint density at radius 1 is 1.30 bits per heavy atom. The summed E-state index contributed by atoms with van der Waals surface area (Å²) < 4.78 is 30.6. The van der Waals surface area contributed by atoms with Gasteiger partial charge in [0.15, 0.2) is 5.65 Å². The number of ether oxygens (including phenoxy) is 1. The Hall–Kier alpha value is -3.36. The number of nitrogens with zero attached hydrogens (tertiary/aromatic N) is 4. The molecule has 1 saturated carbocycles. The lowest BCUT2D eigenvalue weighted by atomic mass is 10.1. The van der Waals surface area contributed by atoms with E-state index in [4.69, 9.17) is 4.98 Å². The smallest absolute Gasteiger partial charge is 0.387 e. The van der Waals surface area contributed by atoms with E-state index >= 15 is 0 Å². The Morgan fingerprint density at radius 3 is 2.63 bits per heavy atom. The van der Waals surface area contributed by atoms with Crippen LogP contribution in [-0.2, 0) is 7.05 Å². The fourth-order valence-electron chi connectivity index (χ4n) is 3.37. The molecule has 1 aliphatic carbocycles. The zero-order valence-corrected chi connectivity index (χ0v) is 16.8. The van der Waals surface area contributed by atoms with Crippen molar-refractivity contribution in [1.29, 1.82) is 0 Å². The van der Waals surface area contributed by atoms with Gasteiger partial charge in [-0.3, -0.25) is 9.48 Å². The summed E-state index contributed by atoms with van der Waals surface area (Å²) >= 11 is 0. The average molecular weight is 413 g/mol. The third kappa shape index (κ3) is 4.00. The van der Waals surface area contributed by atoms with E-state index in [0.717, 1.165) is 24.2 Å². The molecule has 156 valence electrons. The number of halogens is 2. The first-order valence-corrected chi connectivity index (χ1v) is 9.57. The second-order valence-corrected chi connectivity index (χ2v) is 7.32. The summed E-state index contributed by atoms with van der Waals surface area (Å²) in [6, 6.07) is 7.88. The van der Waals surface area contributed by atoms with E-state index in [0.29, 0.717) is 33.8 Å². The van der Waals surface area contributed by atoms with Gasteiger partial charge in [-0.15, -0.1) is 0 Å². The van der Waals surface area contributed by atoms with Gasteiger partial charge < -0.3 is 4.74 Å². The van der Waals surface area contributed by atoms with Crippen LogP contribution in [0.2, 0.25) is 0 Å². The number of alkyl halides is 2. The van der Waals surface area contributed by atoms with Crippen molar-refractivity contribution in [2.45, 2.75) is 39.2 Å². The average Bonchev–Trinajstić information content (AvgIpc) is 3.52. The standard InChI is InChI=1S/C21H21F2N5O2/c1-11(13-6-8-15(9-7-13)30-21(22)23)25-26-20(29)16-10-17(14-4-5-14)24-19-18(16)12(2)27-28(19)3/h6-10,14,21H,4-5H2,1-3H3,(H,26,29)/b25-11-.